The second-order valence-corrected chi connectivity index (χ2v) is 4.10. The SMILES string of the molecule is CN=Cc1sc(=S)n(CC(=O)O)c1O. The van der Waals surface area contributed by atoms with Gasteiger partial charge in [0, 0.05) is 13.3 Å². The number of thiazole rings is 1. The molecule has 0 aliphatic heterocycles. The number of carboxylic acid groups (broad SMARTS) is 1. The molecule has 0 aliphatic rings. The third-order valence-corrected chi connectivity index (χ3v) is 2.81. The number of aromatic nitrogens is 1. The van der Waals surface area contributed by atoms with Gasteiger partial charge in [-0.2, -0.15) is 0 Å². The molecule has 0 fully saturated rings. The third kappa shape index (κ3) is 2.18. The fourth-order valence-corrected chi connectivity index (χ4v) is 2.12. The molecule has 0 radical (unpaired) electrons. The van der Waals surface area contributed by atoms with Gasteiger partial charge in [0.15, 0.2) is 3.95 Å². The number of hydrogen-bond donors (Lipinski definition) is 2. The summed E-state index contributed by atoms with van der Waals surface area (Å²) in [5.41, 5.74) is 0. The predicted molar refractivity (Wildman–Crippen MR) is 56.0 cm³/mol. The van der Waals surface area contributed by atoms with E-state index in [1.54, 1.807) is 7.05 Å². The van der Waals surface area contributed by atoms with E-state index >= 15 is 0 Å². The van der Waals surface area contributed by atoms with Crippen LogP contribution in [0.1, 0.15) is 4.88 Å². The zero-order valence-corrected chi connectivity index (χ0v) is 8.93. The number of aliphatic imine (C=N–C) groups is 1. The summed E-state index contributed by atoms with van der Waals surface area (Å²) in [6.45, 7) is -0.335. The molecule has 7 heteroatoms. The minimum Gasteiger partial charge on any atom is -0.493 e. The molecule has 1 heterocycles. The first-order valence-electron chi connectivity index (χ1n) is 3.62. The topological polar surface area (TPSA) is 74.8 Å². The number of carboxylic acids is 1. The molecule has 0 amide bonds. The Kier molecular flexibility index (Phi) is 3.37. The molecular formula is C7H8N2O3S2. The summed E-state index contributed by atoms with van der Waals surface area (Å²) in [6.07, 6.45) is 1.44. The van der Waals surface area contributed by atoms with Crippen LogP contribution >= 0.6 is 23.6 Å². The number of carbonyl (C=O) groups is 1. The summed E-state index contributed by atoms with van der Waals surface area (Å²) >= 11 is 6.01. The Balaban J connectivity index is 3.17. The van der Waals surface area contributed by atoms with Gasteiger partial charge in [0.2, 0.25) is 5.88 Å². The monoisotopic (exact) mass is 232 g/mol. The zero-order valence-electron chi connectivity index (χ0n) is 7.30. The summed E-state index contributed by atoms with van der Waals surface area (Å²) in [4.78, 5) is 14.6. The summed E-state index contributed by atoms with van der Waals surface area (Å²) in [7, 11) is 1.56. The quantitative estimate of drug-likeness (QED) is 0.605. The van der Waals surface area contributed by atoms with Gasteiger partial charge in [0.1, 0.15) is 11.4 Å². The van der Waals surface area contributed by atoms with Gasteiger partial charge in [-0.25, -0.2) is 0 Å². The molecule has 0 aromatic carbocycles. The van der Waals surface area contributed by atoms with Crippen LogP contribution in [0.25, 0.3) is 0 Å². The number of aliphatic carboxylic acids is 1. The van der Waals surface area contributed by atoms with Gasteiger partial charge in [0.25, 0.3) is 0 Å². The summed E-state index contributed by atoms with van der Waals surface area (Å²) in [5, 5.41) is 18.1. The Hall–Kier alpha value is -1.21. The average molecular weight is 232 g/mol. The maximum Gasteiger partial charge on any atom is 0.323 e. The molecule has 2 N–H and O–H groups in total. The van der Waals surface area contributed by atoms with E-state index in [4.69, 9.17) is 17.3 Å². The summed E-state index contributed by atoms with van der Waals surface area (Å²) in [5.74, 6) is -1.19. The first-order valence-corrected chi connectivity index (χ1v) is 4.85. The fourth-order valence-electron chi connectivity index (χ4n) is 0.890. The number of aromatic hydroxyl groups is 1. The minimum atomic E-state index is -1.05. The molecule has 5 nitrogen and oxygen atoms in total. The van der Waals surface area contributed by atoms with Crippen LogP contribution in [0, 0.1) is 3.95 Å². The van der Waals surface area contributed by atoms with Crippen molar-refractivity contribution in [3.8, 4) is 5.88 Å². The standard InChI is InChI=1S/C7H8N2O3S2/c1-8-2-4-6(12)9(3-5(10)11)7(13)14-4/h2,12H,3H2,1H3,(H,10,11). The highest BCUT2D eigenvalue weighted by Crippen LogP contribution is 2.23. The van der Waals surface area contributed by atoms with E-state index in [1.807, 2.05) is 0 Å². The van der Waals surface area contributed by atoms with Crippen molar-refractivity contribution in [2.45, 2.75) is 6.54 Å². The van der Waals surface area contributed by atoms with Crippen LogP contribution in [0.5, 0.6) is 5.88 Å². The second kappa shape index (κ2) is 4.34. The van der Waals surface area contributed by atoms with Crippen molar-refractivity contribution < 1.29 is 15.0 Å². The average Bonchev–Trinajstić information content (AvgIpc) is 2.33. The van der Waals surface area contributed by atoms with E-state index in [9.17, 15) is 9.90 Å². The van der Waals surface area contributed by atoms with Gasteiger partial charge in [-0.15, -0.1) is 0 Å². The lowest BCUT2D eigenvalue weighted by atomic mass is 10.5. The van der Waals surface area contributed by atoms with E-state index in [2.05, 4.69) is 4.99 Å². The van der Waals surface area contributed by atoms with E-state index in [-0.39, 0.29) is 12.4 Å². The van der Waals surface area contributed by atoms with E-state index in [1.165, 1.54) is 6.21 Å². The Bertz CT molecular complexity index is 433. The molecule has 76 valence electrons. The Morgan fingerprint density at radius 2 is 2.43 bits per heavy atom. The van der Waals surface area contributed by atoms with Gasteiger partial charge in [-0.05, 0) is 12.2 Å². The first-order chi connectivity index (χ1) is 6.56. The lowest BCUT2D eigenvalue weighted by molar-refractivity contribution is -0.137. The van der Waals surface area contributed by atoms with Crippen LogP contribution in [0.15, 0.2) is 4.99 Å². The predicted octanol–water partition coefficient (Wildman–Crippen LogP) is 1.12. The van der Waals surface area contributed by atoms with Crippen LogP contribution in [-0.2, 0) is 11.3 Å². The molecular weight excluding hydrogens is 224 g/mol. The maximum atomic E-state index is 10.4. The summed E-state index contributed by atoms with van der Waals surface area (Å²) in [6, 6.07) is 0. The van der Waals surface area contributed by atoms with E-state index in [0.717, 1.165) is 15.9 Å². The number of hydrogen-bond acceptors (Lipinski definition) is 5. The molecule has 0 saturated carbocycles. The van der Waals surface area contributed by atoms with Crippen molar-refractivity contribution in [2.75, 3.05) is 7.05 Å². The van der Waals surface area contributed by atoms with Crippen LogP contribution in [0.3, 0.4) is 0 Å². The van der Waals surface area contributed by atoms with Crippen LogP contribution in [0.4, 0.5) is 0 Å². The third-order valence-electron chi connectivity index (χ3n) is 1.43. The Morgan fingerprint density at radius 1 is 1.79 bits per heavy atom. The van der Waals surface area contributed by atoms with Crippen molar-refractivity contribution in [3.05, 3.63) is 8.83 Å². The van der Waals surface area contributed by atoms with Crippen molar-refractivity contribution in [1.29, 1.82) is 0 Å². The van der Waals surface area contributed by atoms with Crippen LogP contribution < -0.4 is 0 Å². The van der Waals surface area contributed by atoms with Crippen molar-refractivity contribution >= 4 is 35.7 Å². The van der Waals surface area contributed by atoms with Crippen molar-refractivity contribution in [3.63, 3.8) is 0 Å². The van der Waals surface area contributed by atoms with Gasteiger partial charge in [0.05, 0.1) is 0 Å². The molecule has 0 bridgehead atoms. The Morgan fingerprint density at radius 3 is 2.93 bits per heavy atom. The second-order valence-electron chi connectivity index (χ2n) is 2.42. The van der Waals surface area contributed by atoms with Crippen LogP contribution in [-0.4, -0.2) is 34.0 Å². The lowest BCUT2D eigenvalue weighted by Gasteiger charge is -1.98. The van der Waals surface area contributed by atoms with E-state index < -0.39 is 5.97 Å². The largest absolute Gasteiger partial charge is 0.493 e. The van der Waals surface area contributed by atoms with Crippen molar-refractivity contribution in [2.24, 2.45) is 4.99 Å². The van der Waals surface area contributed by atoms with Crippen LogP contribution in [0.2, 0.25) is 0 Å². The zero-order chi connectivity index (χ0) is 10.7. The molecule has 1 rings (SSSR count). The van der Waals surface area contributed by atoms with Gasteiger partial charge in [-0.3, -0.25) is 14.4 Å². The molecule has 0 unspecified atom stereocenters. The lowest BCUT2D eigenvalue weighted by Crippen LogP contribution is -2.08. The number of rotatable bonds is 3. The summed E-state index contributed by atoms with van der Waals surface area (Å²) < 4.78 is 1.47. The highest BCUT2D eigenvalue weighted by molar-refractivity contribution is 7.73. The highest BCUT2D eigenvalue weighted by atomic mass is 32.1. The number of nitrogens with zero attached hydrogens (tertiary/aromatic N) is 2. The van der Waals surface area contributed by atoms with Gasteiger partial charge >= 0.3 is 5.97 Å². The fraction of sp³-hybridized carbons (Fsp3) is 0.286. The van der Waals surface area contributed by atoms with E-state index in [0.29, 0.717) is 8.83 Å². The first kappa shape index (κ1) is 10.9. The Labute approximate surface area is 89.0 Å². The van der Waals surface area contributed by atoms with Crippen molar-refractivity contribution in [1.82, 2.24) is 4.57 Å². The molecule has 0 spiro atoms. The molecule has 1 aromatic rings. The molecule has 1 aromatic heterocycles. The van der Waals surface area contributed by atoms with Gasteiger partial charge in [-0.1, -0.05) is 11.3 Å². The minimum absolute atomic E-state index is 0.145. The molecule has 0 aliphatic carbocycles. The highest BCUT2D eigenvalue weighted by Gasteiger charge is 2.11. The molecule has 14 heavy (non-hydrogen) atoms. The smallest absolute Gasteiger partial charge is 0.323 e. The maximum absolute atomic E-state index is 10.4. The van der Waals surface area contributed by atoms with Gasteiger partial charge < -0.3 is 10.2 Å². The molecule has 0 saturated heterocycles. The molecule has 0 atom stereocenters. The normalized spacial score (nSPS) is 10.9.